The van der Waals surface area contributed by atoms with Crippen molar-refractivity contribution in [3.63, 3.8) is 0 Å². The van der Waals surface area contributed by atoms with Gasteiger partial charge in [-0.1, -0.05) is 30.3 Å². The molecule has 0 spiro atoms. The number of benzene rings is 1. The zero-order chi connectivity index (χ0) is 13.5. The Morgan fingerprint density at radius 3 is 2.33 bits per heavy atom. The molecule has 0 fully saturated rings. The van der Waals surface area contributed by atoms with Crippen LogP contribution in [-0.4, -0.2) is 17.0 Å². The van der Waals surface area contributed by atoms with Crippen LogP contribution in [0.4, 0.5) is 0 Å². The highest BCUT2D eigenvalue weighted by molar-refractivity contribution is 6.00. The van der Waals surface area contributed by atoms with Gasteiger partial charge in [0.1, 0.15) is 0 Å². The summed E-state index contributed by atoms with van der Waals surface area (Å²) in [6.07, 6.45) is 0. The Hall–Kier alpha value is -2.14. The van der Waals surface area contributed by atoms with Gasteiger partial charge < -0.3 is 5.11 Å². The van der Waals surface area contributed by atoms with E-state index in [1.54, 1.807) is 0 Å². The minimum absolute atomic E-state index is 0.00388. The van der Waals surface area contributed by atoms with Gasteiger partial charge in [0, 0.05) is 11.1 Å². The van der Waals surface area contributed by atoms with Gasteiger partial charge in [0.2, 0.25) is 0 Å². The minimum atomic E-state index is -1.12. The van der Waals surface area contributed by atoms with Gasteiger partial charge in [-0.05, 0) is 19.4 Å². The Labute approximate surface area is 105 Å². The molecule has 5 heteroatoms. The van der Waals surface area contributed by atoms with Gasteiger partial charge in [0.15, 0.2) is 0 Å². The van der Waals surface area contributed by atoms with Gasteiger partial charge in [-0.25, -0.2) is 10.3 Å². The molecule has 1 amide bonds. The number of rotatable bonds is 5. The van der Waals surface area contributed by atoms with Crippen molar-refractivity contribution in [2.75, 3.05) is 0 Å². The Bertz CT molecular complexity index is 465. The smallest absolute Gasteiger partial charge is 0.331 e. The van der Waals surface area contributed by atoms with Crippen LogP contribution in [0.5, 0.6) is 0 Å². The number of carboxylic acids is 1. The minimum Gasteiger partial charge on any atom is -0.478 e. The van der Waals surface area contributed by atoms with Crippen LogP contribution in [0, 0.1) is 0 Å². The number of hydrogen-bond acceptors (Lipinski definition) is 3. The largest absolute Gasteiger partial charge is 0.478 e. The molecule has 1 aromatic carbocycles. The van der Waals surface area contributed by atoms with Crippen molar-refractivity contribution < 1.29 is 19.5 Å². The number of nitrogens with one attached hydrogen (secondary N) is 1. The Kier molecular flexibility index (Phi) is 5.07. The standard InChI is InChI=1S/C13H15NO4/c1-9(10(2)13(16)17)12(15)14-18-8-11-6-4-3-5-7-11/h3-7H,8H2,1-2H3,(H,14,15)(H,16,17). The van der Waals surface area contributed by atoms with Gasteiger partial charge in [-0.2, -0.15) is 0 Å². The molecule has 0 saturated carbocycles. The molecule has 0 aliphatic heterocycles. The first-order valence-electron chi connectivity index (χ1n) is 5.39. The van der Waals surface area contributed by atoms with Crippen LogP contribution in [0.2, 0.25) is 0 Å². The van der Waals surface area contributed by atoms with Gasteiger partial charge in [0.25, 0.3) is 5.91 Å². The van der Waals surface area contributed by atoms with E-state index in [-0.39, 0.29) is 17.8 Å². The van der Waals surface area contributed by atoms with Crippen molar-refractivity contribution in [1.29, 1.82) is 0 Å². The number of carboxylic acid groups (broad SMARTS) is 1. The molecular formula is C13H15NO4. The third-order valence-corrected chi connectivity index (χ3v) is 2.47. The van der Waals surface area contributed by atoms with Gasteiger partial charge >= 0.3 is 5.97 Å². The van der Waals surface area contributed by atoms with Crippen molar-refractivity contribution in [3.8, 4) is 0 Å². The molecule has 18 heavy (non-hydrogen) atoms. The zero-order valence-corrected chi connectivity index (χ0v) is 10.3. The second-order valence-electron chi connectivity index (χ2n) is 3.76. The van der Waals surface area contributed by atoms with Crippen molar-refractivity contribution in [3.05, 3.63) is 47.0 Å². The van der Waals surface area contributed by atoms with E-state index in [9.17, 15) is 9.59 Å². The normalized spacial score (nSPS) is 11.7. The molecule has 0 radical (unpaired) electrons. The molecule has 0 bridgehead atoms. The number of hydrogen-bond donors (Lipinski definition) is 2. The summed E-state index contributed by atoms with van der Waals surface area (Å²) in [7, 11) is 0. The maximum atomic E-state index is 11.5. The maximum absolute atomic E-state index is 11.5. The summed E-state index contributed by atoms with van der Waals surface area (Å²) in [5.41, 5.74) is 3.24. The van der Waals surface area contributed by atoms with Crippen molar-refractivity contribution in [2.24, 2.45) is 0 Å². The summed E-state index contributed by atoms with van der Waals surface area (Å²) in [6.45, 7) is 3.03. The second-order valence-corrected chi connectivity index (χ2v) is 3.76. The van der Waals surface area contributed by atoms with E-state index in [2.05, 4.69) is 5.48 Å². The summed E-state index contributed by atoms with van der Waals surface area (Å²) < 4.78 is 0. The topological polar surface area (TPSA) is 75.6 Å². The number of amides is 1. The molecule has 0 saturated heterocycles. The Morgan fingerprint density at radius 1 is 1.17 bits per heavy atom. The molecule has 0 aliphatic carbocycles. The van der Waals surface area contributed by atoms with Crippen molar-refractivity contribution in [1.82, 2.24) is 5.48 Å². The average Bonchev–Trinajstić information content (AvgIpc) is 2.38. The number of carbonyl (C=O) groups excluding carboxylic acids is 1. The SMILES string of the molecule is CC(C(=O)O)=C(C)C(=O)NOCc1ccccc1. The summed E-state index contributed by atoms with van der Waals surface area (Å²) in [6, 6.07) is 9.32. The number of carbonyl (C=O) groups is 2. The van der Waals surface area contributed by atoms with E-state index in [1.807, 2.05) is 30.3 Å². The molecule has 0 heterocycles. The van der Waals surface area contributed by atoms with E-state index >= 15 is 0 Å². The second kappa shape index (κ2) is 6.56. The zero-order valence-electron chi connectivity index (χ0n) is 10.3. The molecule has 1 rings (SSSR count). The summed E-state index contributed by atoms with van der Waals surface area (Å²) >= 11 is 0. The molecule has 5 nitrogen and oxygen atoms in total. The Balaban J connectivity index is 2.48. The third-order valence-electron chi connectivity index (χ3n) is 2.47. The van der Waals surface area contributed by atoms with E-state index in [4.69, 9.17) is 9.94 Å². The molecule has 0 unspecified atom stereocenters. The third kappa shape index (κ3) is 4.03. The predicted octanol–water partition coefficient (Wildman–Crippen LogP) is 1.66. The fourth-order valence-corrected chi connectivity index (χ4v) is 1.17. The highest BCUT2D eigenvalue weighted by atomic mass is 16.6. The van der Waals surface area contributed by atoms with E-state index < -0.39 is 11.9 Å². The summed E-state index contributed by atoms with van der Waals surface area (Å²) in [5, 5.41) is 8.73. The highest BCUT2D eigenvalue weighted by Crippen LogP contribution is 2.04. The molecule has 2 N–H and O–H groups in total. The quantitative estimate of drug-likeness (QED) is 0.614. The molecule has 0 aromatic heterocycles. The number of hydroxylamine groups is 1. The fourth-order valence-electron chi connectivity index (χ4n) is 1.17. The molecule has 1 aromatic rings. The lowest BCUT2D eigenvalue weighted by Gasteiger charge is -2.07. The first-order chi connectivity index (χ1) is 8.52. The molecule has 96 valence electrons. The van der Waals surface area contributed by atoms with Crippen LogP contribution in [0.3, 0.4) is 0 Å². The molecule has 0 aliphatic rings. The average molecular weight is 249 g/mol. The van der Waals surface area contributed by atoms with Crippen LogP contribution >= 0.6 is 0 Å². The summed E-state index contributed by atoms with van der Waals surface area (Å²) in [4.78, 5) is 27.2. The highest BCUT2D eigenvalue weighted by Gasteiger charge is 2.12. The monoisotopic (exact) mass is 249 g/mol. The fraction of sp³-hybridized carbons (Fsp3) is 0.231. The van der Waals surface area contributed by atoms with Crippen LogP contribution in [0.25, 0.3) is 0 Å². The predicted molar refractivity (Wildman–Crippen MR) is 65.4 cm³/mol. The lowest BCUT2D eigenvalue weighted by Crippen LogP contribution is -2.25. The van der Waals surface area contributed by atoms with Crippen molar-refractivity contribution >= 4 is 11.9 Å². The van der Waals surface area contributed by atoms with Gasteiger partial charge in [-0.15, -0.1) is 0 Å². The first-order valence-corrected chi connectivity index (χ1v) is 5.39. The van der Waals surface area contributed by atoms with Crippen LogP contribution in [0.1, 0.15) is 19.4 Å². The van der Waals surface area contributed by atoms with Crippen molar-refractivity contribution in [2.45, 2.75) is 20.5 Å². The lowest BCUT2D eigenvalue weighted by molar-refractivity contribution is -0.134. The van der Waals surface area contributed by atoms with Crippen LogP contribution in [0.15, 0.2) is 41.5 Å². The lowest BCUT2D eigenvalue weighted by atomic mass is 10.1. The van der Waals surface area contributed by atoms with Crippen LogP contribution < -0.4 is 5.48 Å². The molecular weight excluding hydrogens is 234 g/mol. The Morgan fingerprint density at radius 2 is 1.78 bits per heavy atom. The van der Waals surface area contributed by atoms with E-state index in [1.165, 1.54) is 13.8 Å². The number of aliphatic carboxylic acids is 1. The maximum Gasteiger partial charge on any atom is 0.331 e. The first kappa shape index (κ1) is 13.9. The van der Waals surface area contributed by atoms with Crippen LogP contribution in [-0.2, 0) is 21.0 Å². The van der Waals surface area contributed by atoms with E-state index in [0.717, 1.165) is 5.56 Å². The summed E-state index contributed by atoms with van der Waals surface area (Å²) in [5.74, 6) is -1.67. The van der Waals surface area contributed by atoms with E-state index in [0.29, 0.717) is 0 Å². The molecule has 0 atom stereocenters. The van der Waals surface area contributed by atoms with Gasteiger partial charge in [-0.3, -0.25) is 9.63 Å². The van der Waals surface area contributed by atoms with Gasteiger partial charge in [0.05, 0.1) is 6.61 Å².